The lowest BCUT2D eigenvalue weighted by Crippen LogP contribution is -2.06. The first kappa shape index (κ1) is 12.5. The summed E-state index contributed by atoms with van der Waals surface area (Å²) < 4.78 is 1.77. The largest absolute Gasteiger partial charge is 0.296 e. The Morgan fingerprint density at radius 3 is 2.60 bits per heavy atom. The Kier molecular flexibility index (Phi) is 3.06. The minimum absolute atomic E-state index is 0.171. The van der Waals surface area contributed by atoms with E-state index in [1.54, 1.807) is 4.68 Å². The monoisotopic (exact) mass is 265 g/mol. The van der Waals surface area contributed by atoms with Gasteiger partial charge in [0.15, 0.2) is 6.29 Å². The lowest BCUT2D eigenvalue weighted by Gasteiger charge is -2.11. The van der Waals surface area contributed by atoms with E-state index in [9.17, 15) is 4.79 Å². The summed E-state index contributed by atoms with van der Waals surface area (Å²) in [4.78, 5) is 11.1. The molecule has 20 heavy (non-hydrogen) atoms. The Hall–Kier alpha value is -2.49. The Morgan fingerprint density at radius 1 is 1.10 bits per heavy atom. The van der Waals surface area contributed by atoms with Gasteiger partial charge in [0.05, 0.1) is 11.4 Å². The molecule has 1 heterocycles. The van der Waals surface area contributed by atoms with Crippen molar-refractivity contribution in [3.63, 3.8) is 0 Å². The normalized spacial score (nSPS) is 11.2. The van der Waals surface area contributed by atoms with Crippen LogP contribution in [0.25, 0.3) is 16.5 Å². The molecule has 0 amide bonds. The van der Waals surface area contributed by atoms with Crippen molar-refractivity contribution in [1.29, 1.82) is 0 Å². The van der Waals surface area contributed by atoms with Crippen LogP contribution in [-0.4, -0.2) is 21.3 Å². The van der Waals surface area contributed by atoms with Crippen LogP contribution in [0.1, 0.15) is 35.9 Å². The highest BCUT2D eigenvalue weighted by Gasteiger charge is 2.17. The molecule has 0 bridgehead atoms. The zero-order chi connectivity index (χ0) is 14.1. The van der Waals surface area contributed by atoms with Gasteiger partial charge in [0.2, 0.25) is 0 Å². The molecule has 4 heteroatoms. The summed E-state index contributed by atoms with van der Waals surface area (Å²) in [6.45, 7) is 4.07. The molecular formula is C16H15N3O. The van der Waals surface area contributed by atoms with Gasteiger partial charge in [0, 0.05) is 5.39 Å². The third kappa shape index (κ3) is 1.90. The number of nitrogens with zero attached hydrogens (tertiary/aromatic N) is 3. The number of hydrogen-bond donors (Lipinski definition) is 0. The zero-order valence-corrected chi connectivity index (χ0v) is 11.4. The third-order valence-electron chi connectivity index (χ3n) is 3.39. The molecule has 0 atom stereocenters. The molecule has 0 N–H and O–H groups in total. The van der Waals surface area contributed by atoms with Crippen LogP contribution < -0.4 is 0 Å². The molecule has 0 radical (unpaired) electrons. The van der Waals surface area contributed by atoms with Crippen LogP contribution in [0.2, 0.25) is 0 Å². The van der Waals surface area contributed by atoms with Crippen LogP contribution in [0.15, 0.2) is 42.5 Å². The number of hydrogen-bond acceptors (Lipinski definition) is 3. The second kappa shape index (κ2) is 4.89. The van der Waals surface area contributed by atoms with Gasteiger partial charge in [-0.3, -0.25) is 4.79 Å². The maximum absolute atomic E-state index is 11.1. The summed E-state index contributed by atoms with van der Waals surface area (Å²) >= 11 is 0. The van der Waals surface area contributed by atoms with Gasteiger partial charge in [0.1, 0.15) is 5.69 Å². The molecule has 0 aliphatic heterocycles. The van der Waals surface area contributed by atoms with Gasteiger partial charge in [-0.05, 0) is 17.4 Å². The molecule has 0 saturated carbocycles. The second-order valence-electron chi connectivity index (χ2n) is 5.04. The Balaban J connectivity index is 2.31. The molecule has 0 fully saturated rings. The van der Waals surface area contributed by atoms with Gasteiger partial charge < -0.3 is 0 Å². The van der Waals surface area contributed by atoms with Crippen LogP contribution in [-0.2, 0) is 0 Å². The van der Waals surface area contributed by atoms with E-state index in [0.717, 1.165) is 28.4 Å². The van der Waals surface area contributed by atoms with Crippen molar-refractivity contribution in [2.45, 2.75) is 19.8 Å². The van der Waals surface area contributed by atoms with Crippen molar-refractivity contribution in [3.8, 4) is 5.69 Å². The number of benzene rings is 2. The molecular weight excluding hydrogens is 250 g/mol. The first-order valence-corrected chi connectivity index (χ1v) is 6.61. The smallest absolute Gasteiger partial charge is 0.172 e. The highest BCUT2D eigenvalue weighted by molar-refractivity contribution is 5.90. The zero-order valence-electron chi connectivity index (χ0n) is 11.4. The average molecular weight is 265 g/mol. The number of carbonyl (C=O) groups excluding carboxylic acids is 1. The summed E-state index contributed by atoms with van der Waals surface area (Å²) in [6.07, 6.45) is 0.768. The van der Waals surface area contributed by atoms with Crippen LogP contribution in [0.5, 0.6) is 0 Å². The van der Waals surface area contributed by atoms with Crippen molar-refractivity contribution in [2.24, 2.45) is 0 Å². The fourth-order valence-corrected chi connectivity index (χ4v) is 2.50. The first-order chi connectivity index (χ1) is 9.72. The molecule has 0 spiro atoms. The fourth-order valence-electron chi connectivity index (χ4n) is 2.50. The summed E-state index contributed by atoms with van der Waals surface area (Å²) in [6, 6.07) is 14.2. The minimum atomic E-state index is 0.171. The second-order valence-corrected chi connectivity index (χ2v) is 5.04. The number of fused-ring (bicyclic) bond motifs is 1. The number of aldehydes is 1. The summed E-state index contributed by atoms with van der Waals surface area (Å²) in [5.74, 6) is 0.171. The Morgan fingerprint density at radius 2 is 1.85 bits per heavy atom. The lowest BCUT2D eigenvalue weighted by atomic mass is 10.1. The Bertz CT molecular complexity index is 769. The molecule has 0 unspecified atom stereocenters. The average Bonchev–Trinajstić information content (AvgIpc) is 2.90. The van der Waals surface area contributed by atoms with Gasteiger partial charge in [-0.15, -0.1) is 5.10 Å². The SMILES string of the molecule is CC(C)c1c(C=O)nnn1-c1cccc2ccccc12. The molecule has 100 valence electrons. The maximum Gasteiger partial charge on any atom is 0.172 e. The highest BCUT2D eigenvalue weighted by atomic mass is 16.1. The quantitative estimate of drug-likeness (QED) is 0.682. The van der Waals surface area contributed by atoms with Crippen molar-refractivity contribution in [1.82, 2.24) is 15.0 Å². The predicted molar refractivity (Wildman–Crippen MR) is 78.3 cm³/mol. The van der Waals surface area contributed by atoms with E-state index in [-0.39, 0.29) is 5.92 Å². The minimum Gasteiger partial charge on any atom is -0.296 e. The van der Waals surface area contributed by atoms with E-state index in [2.05, 4.69) is 28.5 Å². The maximum atomic E-state index is 11.1. The van der Waals surface area contributed by atoms with Crippen molar-refractivity contribution in [2.75, 3.05) is 0 Å². The van der Waals surface area contributed by atoms with E-state index in [4.69, 9.17) is 0 Å². The topological polar surface area (TPSA) is 47.8 Å². The van der Waals surface area contributed by atoms with Crippen LogP contribution in [0.4, 0.5) is 0 Å². The van der Waals surface area contributed by atoms with Crippen LogP contribution in [0, 0.1) is 0 Å². The number of aromatic nitrogens is 3. The van der Waals surface area contributed by atoms with Gasteiger partial charge in [-0.1, -0.05) is 55.5 Å². The van der Waals surface area contributed by atoms with E-state index in [0.29, 0.717) is 5.69 Å². The summed E-state index contributed by atoms with van der Waals surface area (Å²) in [7, 11) is 0. The van der Waals surface area contributed by atoms with Gasteiger partial charge >= 0.3 is 0 Å². The van der Waals surface area contributed by atoms with Crippen molar-refractivity contribution in [3.05, 3.63) is 53.9 Å². The first-order valence-electron chi connectivity index (χ1n) is 6.61. The van der Waals surface area contributed by atoms with Crippen LogP contribution >= 0.6 is 0 Å². The van der Waals surface area contributed by atoms with Crippen LogP contribution in [0.3, 0.4) is 0 Å². The van der Waals surface area contributed by atoms with Crippen molar-refractivity contribution >= 4 is 17.1 Å². The Labute approximate surface area is 117 Å². The summed E-state index contributed by atoms with van der Waals surface area (Å²) in [5, 5.41) is 10.4. The van der Waals surface area contributed by atoms with E-state index in [1.807, 2.05) is 38.1 Å². The van der Waals surface area contributed by atoms with Gasteiger partial charge in [-0.2, -0.15) is 0 Å². The number of carbonyl (C=O) groups is 1. The number of rotatable bonds is 3. The third-order valence-corrected chi connectivity index (χ3v) is 3.39. The van der Waals surface area contributed by atoms with Gasteiger partial charge in [-0.25, -0.2) is 4.68 Å². The standard InChI is InChI=1S/C16H15N3O/c1-11(2)16-14(10-20)17-18-19(16)15-9-5-7-12-6-3-4-8-13(12)15/h3-11H,1-2H3. The lowest BCUT2D eigenvalue weighted by molar-refractivity contribution is 0.111. The molecule has 0 aliphatic carbocycles. The van der Waals surface area contributed by atoms with E-state index < -0.39 is 0 Å². The molecule has 3 aromatic rings. The fraction of sp³-hybridized carbons (Fsp3) is 0.188. The highest BCUT2D eigenvalue weighted by Crippen LogP contribution is 2.26. The summed E-state index contributed by atoms with van der Waals surface area (Å²) in [5.41, 5.74) is 2.21. The van der Waals surface area contributed by atoms with Crippen molar-refractivity contribution < 1.29 is 4.79 Å². The molecule has 2 aromatic carbocycles. The molecule has 0 saturated heterocycles. The molecule has 3 rings (SSSR count). The molecule has 0 aliphatic rings. The predicted octanol–water partition coefficient (Wildman–Crippen LogP) is 3.36. The van der Waals surface area contributed by atoms with E-state index in [1.165, 1.54) is 0 Å². The molecule has 4 nitrogen and oxygen atoms in total. The van der Waals surface area contributed by atoms with E-state index >= 15 is 0 Å². The molecule has 1 aromatic heterocycles. The van der Waals surface area contributed by atoms with Gasteiger partial charge in [0.25, 0.3) is 0 Å².